The summed E-state index contributed by atoms with van der Waals surface area (Å²) in [7, 11) is 0. The standard InChI is InChI=1S/C19H32N2/c1-15(2)13-21(18-11-7-8-12-18)14-16(3)19(20)17-9-5-4-6-10-17/h4-6,9-10,15-16,18-19H,7-8,11-14,20H2,1-3H3. The fourth-order valence-corrected chi connectivity index (χ4v) is 3.60. The lowest BCUT2D eigenvalue weighted by atomic mass is 9.94. The molecule has 1 aromatic rings. The molecule has 1 saturated carbocycles. The zero-order valence-corrected chi connectivity index (χ0v) is 14.0. The second-order valence-corrected chi connectivity index (χ2v) is 7.20. The molecular formula is C19H32N2. The van der Waals surface area contributed by atoms with Gasteiger partial charge in [0.15, 0.2) is 0 Å². The summed E-state index contributed by atoms with van der Waals surface area (Å²) in [6.07, 6.45) is 5.55. The Morgan fingerprint density at radius 3 is 2.24 bits per heavy atom. The van der Waals surface area contributed by atoms with E-state index in [1.165, 1.54) is 37.8 Å². The van der Waals surface area contributed by atoms with E-state index >= 15 is 0 Å². The van der Waals surface area contributed by atoms with Crippen LogP contribution in [0.1, 0.15) is 58.1 Å². The minimum atomic E-state index is 0.141. The Morgan fingerprint density at radius 1 is 1.05 bits per heavy atom. The van der Waals surface area contributed by atoms with Crippen molar-refractivity contribution in [1.82, 2.24) is 4.90 Å². The molecule has 21 heavy (non-hydrogen) atoms. The quantitative estimate of drug-likeness (QED) is 0.814. The molecule has 0 bridgehead atoms. The van der Waals surface area contributed by atoms with Crippen LogP contribution in [0.3, 0.4) is 0 Å². The molecule has 0 aromatic heterocycles. The highest BCUT2D eigenvalue weighted by Gasteiger charge is 2.26. The van der Waals surface area contributed by atoms with Gasteiger partial charge in [0.2, 0.25) is 0 Å². The first-order valence-electron chi connectivity index (χ1n) is 8.62. The van der Waals surface area contributed by atoms with Gasteiger partial charge in [-0.25, -0.2) is 0 Å². The first-order chi connectivity index (χ1) is 10.1. The van der Waals surface area contributed by atoms with Crippen molar-refractivity contribution in [2.45, 2.75) is 58.5 Å². The van der Waals surface area contributed by atoms with Crippen LogP contribution < -0.4 is 5.73 Å². The highest BCUT2D eigenvalue weighted by Crippen LogP contribution is 2.27. The zero-order valence-electron chi connectivity index (χ0n) is 14.0. The van der Waals surface area contributed by atoms with Gasteiger partial charge in [-0.15, -0.1) is 0 Å². The number of nitrogens with zero attached hydrogens (tertiary/aromatic N) is 1. The van der Waals surface area contributed by atoms with E-state index in [1.807, 2.05) is 0 Å². The molecule has 2 heteroatoms. The topological polar surface area (TPSA) is 29.3 Å². The largest absolute Gasteiger partial charge is 0.324 e. The van der Waals surface area contributed by atoms with Gasteiger partial charge >= 0.3 is 0 Å². The molecule has 2 N–H and O–H groups in total. The lowest BCUT2D eigenvalue weighted by Gasteiger charge is -2.34. The number of benzene rings is 1. The highest BCUT2D eigenvalue weighted by molar-refractivity contribution is 5.19. The van der Waals surface area contributed by atoms with Crippen LogP contribution in [-0.4, -0.2) is 24.0 Å². The van der Waals surface area contributed by atoms with Gasteiger partial charge < -0.3 is 5.73 Å². The predicted octanol–water partition coefficient (Wildman–Crippen LogP) is 4.22. The Bertz CT molecular complexity index is 395. The highest BCUT2D eigenvalue weighted by atomic mass is 15.2. The Kier molecular flexibility index (Phi) is 6.25. The van der Waals surface area contributed by atoms with E-state index in [-0.39, 0.29) is 6.04 Å². The van der Waals surface area contributed by atoms with Crippen molar-refractivity contribution in [1.29, 1.82) is 0 Å². The molecule has 0 radical (unpaired) electrons. The molecule has 2 nitrogen and oxygen atoms in total. The monoisotopic (exact) mass is 288 g/mol. The lowest BCUT2D eigenvalue weighted by molar-refractivity contribution is 0.146. The van der Waals surface area contributed by atoms with Crippen molar-refractivity contribution in [3.63, 3.8) is 0 Å². The summed E-state index contributed by atoms with van der Waals surface area (Å²) >= 11 is 0. The van der Waals surface area contributed by atoms with Crippen LogP contribution in [0.25, 0.3) is 0 Å². The fraction of sp³-hybridized carbons (Fsp3) is 0.684. The molecule has 2 unspecified atom stereocenters. The fourth-order valence-electron chi connectivity index (χ4n) is 3.60. The van der Waals surface area contributed by atoms with E-state index in [0.29, 0.717) is 5.92 Å². The minimum absolute atomic E-state index is 0.141. The van der Waals surface area contributed by atoms with Crippen LogP contribution in [0.4, 0.5) is 0 Å². The Hall–Kier alpha value is -0.860. The van der Waals surface area contributed by atoms with Crippen molar-refractivity contribution >= 4 is 0 Å². The molecule has 0 amide bonds. The molecular weight excluding hydrogens is 256 g/mol. The van der Waals surface area contributed by atoms with Crippen molar-refractivity contribution < 1.29 is 0 Å². The van der Waals surface area contributed by atoms with Gasteiger partial charge in [0, 0.05) is 25.2 Å². The van der Waals surface area contributed by atoms with Crippen LogP contribution >= 0.6 is 0 Å². The molecule has 1 aliphatic carbocycles. The number of rotatable bonds is 7. The average molecular weight is 288 g/mol. The summed E-state index contributed by atoms with van der Waals surface area (Å²) < 4.78 is 0. The maximum Gasteiger partial charge on any atom is 0.0333 e. The van der Waals surface area contributed by atoms with Gasteiger partial charge in [-0.3, -0.25) is 4.90 Å². The smallest absolute Gasteiger partial charge is 0.0333 e. The normalized spacial score (nSPS) is 19.3. The van der Waals surface area contributed by atoms with E-state index in [0.717, 1.165) is 18.5 Å². The third-order valence-electron chi connectivity index (χ3n) is 4.76. The molecule has 1 fully saturated rings. The molecule has 0 aliphatic heterocycles. The lowest BCUT2D eigenvalue weighted by Crippen LogP contribution is -2.41. The number of nitrogens with two attached hydrogens (primary N) is 1. The van der Waals surface area contributed by atoms with Crippen molar-refractivity contribution in [3.05, 3.63) is 35.9 Å². The first-order valence-corrected chi connectivity index (χ1v) is 8.62. The predicted molar refractivity (Wildman–Crippen MR) is 91.2 cm³/mol. The molecule has 2 atom stereocenters. The molecule has 0 saturated heterocycles. The van der Waals surface area contributed by atoms with E-state index in [1.54, 1.807) is 0 Å². The van der Waals surface area contributed by atoms with Gasteiger partial charge in [0.1, 0.15) is 0 Å². The molecule has 118 valence electrons. The Morgan fingerprint density at radius 2 is 1.67 bits per heavy atom. The number of hydrogen-bond donors (Lipinski definition) is 1. The summed E-state index contributed by atoms with van der Waals surface area (Å²) in [5.41, 5.74) is 7.75. The Balaban J connectivity index is 1.98. The van der Waals surface area contributed by atoms with Crippen LogP contribution in [0.2, 0.25) is 0 Å². The SMILES string of the molecule is CC(C)CN(CC(C)C(N)c1ccccc1)C1CCCC1. The maximum atomic E-state index is 6.49. The third kappa shape index (κ3) is 4.82. The summed E-state index contributed by atoms with van der Waals surface area (Å²) in [6, 6.07) is 11.5. The zero-order chi connectivity index (χ0) is 15.2. The van der Waals surface area contributed by atoms with Crippen molar-refractivity contribution in [2.24, 2.45) is 17.6 Å². The summed E-state index contributed by atoms with van der Waals surface area (Å²) in [4.78, 5) is 2.71. The Labute approximate surface area is 130 Å². The summed E-state index contributed by atoms with van der Waals surface area (Å²) in [5.74, 6) is 1.22. The second-order valence-electron chi connectivity index (χ2n) is 7.20. The maximum absolute atomic E-state index is 6.49. The number of hydrogen-bond acceptors (Lipinski definition) is 2. The summed E-state index contributed by atoms with van der Waals surface area (Å²) in [6.45, 7) is 9.28. The third-order valence-corrected chi connectivity index (χ3v) is 4.76. The van der Waals surface area contributed by atoms with Crippen LogP contribution in [0, 0.1) is 11.8 Å². The molecule has 1 aliphatic rings. The summed E-state index contributed by atoms with van der Waals surface area (Å²) in [5, 5.41) is 0. The van der Waals surface area contributed by atoms with Crippen LogP contribution in [0.5, 0.6) is 0 Å². The average Bonchev–Trinajstić information content (AvgIpc) is 3.00. The van der Waals surface area contributed by atoms with Crippen LogP contribution in [0.15, 0.2) is 30.3 Å². The van der Waals surface area contributed by atoms with Crippen LogP contribution in [-0.2, 0) is 0 Å². The van der Waals surface area contributed by atoms with E-state index < -0.39 is 0 Å². The van der Waals surface area contributed by atoms with Crippen molar-refractivity contribution in [3.8, 4) is 0 Å². The van der Waals surface area contributed by atoms with E-state index in [9.17, 15) is 0 Å². The first kappa shape index (κ1) is 16.5. The van der Waals surface area contributed by atoms with Gasteiger partial charge in [-0.1, -0.05) is 63.9 Å². The molecule has 0 spiro atoms. The van der Waals surface area contributed by atoms with E-state index in [4.69, 9.17) is 5.73 Å². The second kappa shape index (κ2) is 7.95. The molecule has 0 heterocycles. The van der Waals surface area contributed by atoms with Gasteiger partial charge in [-0.05, 0) is 30.2 Å². The van der Waals surface area contributed by atoms with Gasteiger partial charge in [0.25, 0.3) is 0 Å². The van der Waals surface area contributed by atoms with Crippen molar-refractivity contribution in [2.75, 3.05) is 13.1 Å². The van der Waals surface area contributed by atoms with E-state index in [2.05, 4.69) is 56.0 Å². The molecule has 1 aromatic carbocycles. The van der Waals surface area contributed by atoms with Gasteiger partial charge in [0.05, 0.1) is 0 Å². The molecule has 2 rings (SSSR count). The van der Waals surface area contributed by atoms with Gasteiger partial charge in [-0.2, -0.15) is 0 Å². The minimum Gasteiger partial charge on any atom is -0.324 e.